The summed E-state index contributed by atoms with van der Waals surface area (Å²) in [4.78, 5) is 15.7. The predicted octanol–water partition coefficient (Wildman–Crippen LogP) is 2.71. The third-order valence-corrected chi connectivity index (χ3v) is 2.45. The maximum atomic E-state index is 11.6. The number of aromatic nitrogens is 1. The highest BCUT2D eigenvalue weighted by molar-refractivity contribution is 5.88. The standard InChI is InChI=1S/C14H15N3O/c1-11-7-8-13(15-9-11)17-14(18)16-10-12-5-3-2-4-6-12/h2-9H,10H2,1H3,(H2,15,16,17,18). The molecule has 0 bridgehead atoms. The third kappa shape index (κ3) is 3.59. The Morgan fingerprint density at radius 1 is 1.17 bits per heavy atom. The number of urea groups is 1. The summed E-state index contributed by atoms with van der Waals surface area (Å²) < 4.78 is 0. The summed E-state index contributed by atoms with van der Waals surface area (Å²) in [7, 11) is 0. The van der Waals surface area contributed by atoms with Gasteiger partial charge >= 0.3 is 6.03 Å². The van der Waals surface area contributed by atoms with E-state index in [2.05, 4.69) is 15.6 Å². The molecule has 1 aromatic carbocycles. The maximum Gasteiger partial charge on any atom is 0.320 e. The molecule has 2 N–H and O–H groups in total. The quantitative estimate of drug-likeness (QED) is 0.868. The fourth-order valence-electron chi connectivity index (χ4n) is 1.48. The Labute approximate surface area is 106 Å². The summed E-state index contributed by atoms with van der Waals surface area (Å²) in [5.74, 6) is 0.547. The first-order valence-electron chi connectivity index (χ1n) is 5.75. The average molecular weight is 241 g/mol. The minimum absolute atomic E-state index is 0.254. The molecule has 0 saturated carbocycles. The van der Waals surface area contributed by atoms with Crippen LogP contribution >= 0.6 is 0 Å². The summed E-state index contributed by atoms with van der Waals surface area (Å²) in [6.45, 7) is 2.45. The van der Waals surface area contributed by atoms with Gasteiger partial charge in [-0.25, -0.2) is 9.78 Å². The molecule has 18 heavy (non-hydrogen) atoms. The van der Waals surface area contributed by atoms with Crippen molar-refractivity contribution >= 4 is 11.8 Å². The minimum Gasteiger partial charge on any atom is -0.334 e. The topological polar surface area (TPSA) is 54.0 Å². The number of hydrogen-bond donors (Lipinski definition) is 2. The molecule has 92 valence electrons. The number of aryl methyl sites for hydroxylation is 1. The number of carbonyl (C=O) groups excluding carboxylic acids is 1. The van der Waals surface area contributed by atoms with Gasteiger partial charge in [0.05, 0.1) is 0 Å². The zero-order valence-electron chi connectivity index (χ0n) is 10.2. The van der Waals surface area contributed by atoms with Crippen LogP contribution in [0, 0.1) is 6.92 Å². The van der Waals surface area contributed by atoms with Crippen LogP contribution in [0.5, 0.6) is 0 Å². The Hall–Kier alpha value is -2.36. The van der Waals surface area contributed by atoms with Crippen molar-refractivity contribution in [3.8, 4) is 0 Å². The van der Waals surface area contributed by atoms with Crippen molar-refractivity contribution < 1.29 is 4.79 Å². The van der Waals surface area contributed by atoms with E-state index in [1.807, 2.05) is 43.3 Å². The SMILES string of the molecule is Cc1ccc(NC(=O)NCc2ccccc2)nc1. The van der Waals surface area contributed by atoms with Crippen LogP contribution in [0.15, 0.2) is 48.7 Å². The number of nitrogens with zero attached hydrogens (tertiary/aromatic N) is 1. The number of benzene rings is 1. The maximum absolute atomic E-state index is 11.6. The largest absolute Gasteiger partial charge is 0.334 e. The summed E-state index contributed by atoms with van der Waals surface area (Å²) in [6, 6.07) is 13.2. The number of nitrogens with one attached hydrogen (secondary N) is 2. The van der Waals surface area contributed by atoms with Crippen molar-refractivity contribution in [2.45, 2.75) is 13.5 Å². The van der Waals surface area contributed by atoms with Gasteiger partial charge < -0.3 is 5.32 Å². The Morgan fingerprint density at radius 3 is 2.61 bits per heavy atom. The van der Waals surface area contributed by atoms with Crippen LogP contribution in [0.3, 0.4) is 0 Å². The lowest BCUT2D eigenvalue weighted by molar-refractivity contribution is 0.251. The van der Waals surface area contributed by atoms with E-state index in [1.54, 1.807) is 12.3 Å². The van der Waals surface area contributed by atoms with Gasteiger partial charge in [0.1, 0.15) is 5.82 Å². The van der Waals surface area contributed by atoms with E-state index < -0.39 is 0 Å². The number of amides is 2. The molecule has 0 unspecified atom stereocenters. The van der Waals surface area contributed by atoms with E-state index >= 15 is 0 Å². The first-order chi connectivity index (χ1) is 8.74. The van der Waals surface area contributed by atoms with Crippen molar-refractivity contribution in [3.05, 3.63) is 59.8 Å². The first kappa shape index (κ1) is 12.1. The lowest BCUT2D eigenvalue weighted by Crippen LogP contribution is -2.28. The molecule has 0 aliphatic rings. The zero-order valence-corrected chi connectivity index (χ0v) is 10.2. The highest BCUT2D eigenvalue weighted by Gasteiger charge is 2.01. The lowest BCUT2D eigenvalue weighted by atomic mass is 10.2. The highest BCUT2D eigenvalue weighted by Crippen LogP contribution is 2.03. The third-order valence-electron chi connectivity index (χ3n) is 2.45. The zero-order chi connectivity index (χ0) is 12.8. The smallest absolute Gasteiger partial charge is 0.320 e. The second-order valence-electron chi connectivity index (χ2n) is 4.01. The monoisotopic (exact) mass is 241 g/mol. The van der Waals surface area contributed by atoms with E-state index in [4.69, 9.17) is 0 Å². The Morgan fingerprint density at radius 2 is 1.94 bits per heavy atom. The molecule has 0 fully saturated rings. The number of pyridine rings is 1. The summed E-state index contributed by atoms with van der Waals surface area (Å²) in [5.41, 5.74) is 2.12. The molecule has 2 amide bonds. The molecule has 4 heteroatoms. The average Bonchev–Trinajstić information content (AvgIpc) is 2.40. The van der Waals surface area contributed by atoms with Crippen LogP contribution in [0.2, 0.25) is 0 Å². The Bertz CT molecular complexity index is 508. The van der Waals surface area contributed by atoms with Crippen molar-refractivity contribution in [3.63, 3.8) is 0 Å². The Balaban J connectivity index is 1.84. The van der Waals surface area contributed by atoms with E-state index in [0.717, 1.165) is 11.1 Å². The number of anilines is 1. The van der Waals surface area contributed by atoms with Gasteiger partial charge in [0.2, 0.25) is 0 Å². The van der Waals surface area contributed by atoms with Gasteiger partial charge in [-0.15, -0.1) is 0 Å². The van der Waals surface area contributed by atoms with E-state index in [9.17, 15) is 4.79 Å². The van der Waals surface area contributed by atoms with Crippen molar-refractivity contribution in [2.24, 2.45) is 0 Å². The van der Waals surface area contributed by atoms with Crippen molar-refractivity contribution in [1.29, 1.82) is 0 Å². The number of rotatable bonds is 3. The molecule has 0 atom stereocenters. The fraction of sp³-hybridized carbons (Fsp3) is 0.143. The highest BCUT2D eigenvalue weighted by atomic mass is 16.2. The summed E-state index contributed by atoms with van der Waals surface area (Å²) in [5, 5.41) is 5.45. The molecular formula is C14H15N3O. The van der Waals surface area contributed by atoms with Crippen LogP contribution in [0.4, 0.5) is 10.6 Å². The van der Waals surface area contributed by atoms with Crippen LogP contribution < -0.4 is 10.6 Å². The Kier molecular flexibility index (Phi) is 3.91. The van der Waals surface area contributed by atoms with Crippen LogP contribution in [0.25, 0.3) is 0 Å². The second kappa shape index (κ2) is 5.82. The molecule has 0 saturated heterocycles. The van der Waals surface area contributed by atoms with Gasteiger partial charge in [-0.05, 0) is 24.1 Å². The molecule has 1 heterocycles. The second-order valence-corrected chi connectivity index (χ2v) is 4.01. The lowest BCUT2D eigenvalue weighted by Gasteiger charge is -2.07. The molecule has 0 radical (unpaired) electrons. The van der Waals surface area contributed by atoms with Crippen LogP contribution in [0.1, 0.15) is 11.1 Å². The predicted molar refractivity (Wildman–Crippen MR) is 71.3 cm³/mol. The number of carbonyl (C=O) groups is 1. The minimum atomic E-state index is -0.254. The number of hydrogen-bond acceptors (Lipinski definition) is 2. The fourth-order valence-corrected chi connectivity index (χ4v) is 1.48. The van der Waals surface area contributed by atoms with E-state index in [0.29, 0.717) is 12.4 Å². The molecule has 4 nitrogen and oxygen atoms in total. The molecule has 0 aliphatic heterocycles. The van der Waals surface area contributed by atoms with Crippen molar-refractivity contribution in [2.75, 3.05) is 5.32 Å². The molecule has 1 aromatic heterocycles. The van der Waals surface area contributed by atoms with Gasteiger partial charge in [0, 0.05) is 12.7 Å². The van der Waals surface area contributed by atoms with Gasteiger partial charge in [0.15, 0.2) is 0 Å². The normalized spacial score (nSPS) is 9.83. The van der Waals surface area contributed by atoms with Gasteiger partial charge in [-0.3, -0.25) is 5.32 Å². The van der Waals surface area contributed by atoms with E-state index in [-0.39, 0.29) is 6.03 Å². The van der Waals surface area contributed by atoms with Gasteiger partial charge in [-0.2, -0.15) is 0 Å². The molecule has 2 aromatic rings. The van der Waals surface area contributed by atoms with Crippen LogP contribution in [-0.2, 0) is 6.54 Å². The summed E-state index contributed by atoms with van der Waals surface area (Å²) >= 11 is 0. The molecule has 0 spiro atoms. The molecular weight excluding hydrogens is 226 g/mol. The van der Waals surface area contributed by atoms with Gasteiger partial charge in [-0.1, -0.05) is 36.4 Å². The molecule has 0 aliphatic carbocycles. The van der Waals surface area contributed by atoms with E-state index in [1.165, 1.54) is 0 Å². The summed E-state index contributed by atoms with van der Waals surface area (Å²) in [6.07, 6.45) is 1.72. The first-order valence-corrected chi connectivity index (χ1v) is 5.75. The van der Waals surface area contributed by atoms with Gasteiger partial charge in [0.25, 0.3) is 0 Å². The van der Waals surface area contributed by atoms with Crippen molar-refractivity contribution in [1.82, 2.24) is 10.3 Å². The van der Waals surface area contributed by atoms with Crippen LogP contribution in [-0.4, -0.2) is 11.0 Å². The molecule has 2 rings (SSSR count).